The van der Waals surface area contributed by atoms with Crippen LogP contribution in [-0.2, 0) is 0 Å². The Morgan fingerprint density at radius 3 is 2.70 bits per heavy atom. The smallest absolute Gasteiger partial charge is 0.223 e. The van der Waals surface area contributed by atoms with E-state index in [1.54, 1.807) is 0 Å². The number of nitrogen functional groups attached to an aromatic ring is 1. The molecule has 1 aromatic carbocycles. The monoisotopic (exact) mass is 390 g/mol. The molecule has 1 saturated carbocycles. The van der Waals surface area contributed by atoms with Crippen molar-refractivity contribution in [2.24, 2.45) is 5.92 Å². The molecule has 4 rings (SSSR count). The largest absolute Gasteiger partial charge is 0.456 e. The minimum Gasteiger partial charge on any atom is -0.456 e. The first-order valence-electron chi connectivity index (χ1n) is 8.53. The molecule has 0 saturated heterocycles. The first-order chi connectivity index (χ1) is 13.0. The number of furan rings is 1. The molecule has 1 aliphatic carbocycles. The molecule has 8 nitrogen and oxygen atoms in total. The normalized spacial score (nSPS) is 25.2. The Morgan fingerprint density at radius 1 is 1.22 bits per heavy atom. The third-order valence-electron chi connectivity index (χ3n) is 4.91. The van der Waals surface area contributed by atoms with Crippen molar-refractivity contribution in [2.45, 2.75) is 24.7 Å². The minimum absolute atomic E-state index is 0.0332. The predicted octanol–water partition coefficient (Wildman–Crippen LogP) is 1.64. The molecule has 9 heteroatoms. The lowest BCUT2D eigenvalue weighted by Gasteiger charge is -2.20. The summed E-state index contributed by atoms with van der Waals surface area (Å²) >= 11 is 6.32. The molecule has 0 amide bonds. The van der Waals surface area contributed by atoms with E-state index in [4.69, 9.17) is 21.8 Å². The van der Waals surface area contributed by atoms with Crippen LogP contribution in [0.4, 0.5) is 11.8 Å². The standard InChI is InChI=1S/C18H19ClN4O4/c19-16-13(12-6-8-3-1-2-4-11(8)27-12)17(23-18(20)22-16)21-10-5-9(7-24)14(25)15(10)26/h1-4,6,9-10,14-15,24-26H,5,7H2,(H3,20,21,22,23)/t9-,10-,14-,15+/m1/s1. The average Bonchev–Trinajstić information content (AvgIpc) is 3.17. The van der Waals surface area contributed by atoms with E-state index in [-0.39, 0.29) is 17.7 Å². The van der Waals surface area contributed by atoms with Gasteiger partial charge in [0, 0.05) is 17.9 Å². The van der Waals surface area contributed by atoms with Gasteiger partial charge >= 0.3 is 0 Å². The number of nitrogens with zero attached hydrogens (tertiary/aromatic N) is 2. The summed E-state index contributed by atoms with van der Waals surface area (Å²) in [6.45, 7) is -0.223. The molecule has 2 heterocycles. The number of nitrogens with two attached hydrogens (primary N) is 1. The fourth-order valence-corrected chi connectivity index (χ4v) is 3.77. The maximum absolute atomic E-state index is 10.3. The van der Waals surface area contributed by atoms with Crippen LogP contribution in [0.1, 0.15) is 6.42 Å². The number of para-hydroxylation sites is 1. The van der Waals surface area contributed by atoms with Crippen molar-refractivity contribution < 1.29 is 19.7 Å². The van der Waals surface area contributed by atoms with Gasteiger partial charge in [0.05, 0.1) is 17.7 Å². The van der Waals surface area contributed by atoms with Crippen LogP contribution in [0.15, 0.2) is 34.7 Å². The zero-order valence-corrected chi connectivity index (χ0v) is 15.0. The van der Waals surface area contributed by atoms with Crippen molar-refractivity contribution in [3.05, 3.63) is 35.5 Å². The van der Waals surface area contributed by atoms with Crippen molar-refractivity contribution in [3.8, 4) is 11.3 Å². The van der Waals surface area contributed by atoms with E-state index < -0.39 is 24.2 Å². The number of hydrogen-bond acceptors (Lipinski definition) is 8. The second-order valence-corrected chi connectivity index (χ2v) is 7.01. The van der Waals surface area contributed by atoms with Crippen molar-refractivity contribution in [2.75, 3.05) is 17.7 Å². The Balaban J connectivity index is 1.75. The molecule has 0 aliphatic heterocycles. The van der Waals surface area contributed by atoms with Crippen LogP contribution in [0.2, 0.25) is 5.15 Å². The maximum atomic E-state index is 10.3. The molecule has 0 unspecified atom stereocenters. The summed E-state index contributed by atoms with van der Waals surface area (Å²) in [7, 11) is 0. The summed E-state index contributed by atoms with van der Waals surface area (Å²) in [6, 6.07) is 8.78. The molecule has 0 radical (unpaired) electrons. The Bertz CT molecular complexity index is 946. The summed E-state index contributed by atoms with van der Waals surface area (Å²) < 4.78 is 5.87. The highest BCUT2D eigenvalue weighted by Gasteiger charge is 2.41. The van der Waals surface area contributed by atoms with Gasteiger partial charge < -0.3 is 30.8 Å². The molecule has 1 aliphatic rings. The van der Waals surface area contributed by atoms with Crippen molar-refractivity contribution >= 4 is 34.3 Å². The van der Waals surface area contributed by atoms with Crippen molar-refractivity contribution in [1.82, 2.24) is 9.97 Å². The van der Waals surface area contributed by atoms with E-state index in [2.05, 4.69) is 15.3 Å². The maximum Gasteiger partial charge on any atom is 0.223 e. The number of halogens is 1. The van der Waals surface area contributed by atoms with Crippen LogP contribution >= 0.6 is 11.6 Å². The van der Waals surface area contributed by atoms with E-state index in [9.17, 15) is 15.3 Å². The first kappa shape index (κ1) is 18.0. The van der Waals surface area contributed by atoms with Crippen LogP contribution in [0.5, 0.6) is 0 Å². The third kappa shape index (κ3) is 3.21. The van der Waals surface area contributed by atoms with Gasteiger partial charge in [-0.2, -0.15) is 4.98 Å². The highest BCUT2D eigenvalue weighted by molar-refractivity contribution is 6.32. The second-order valence-electron chi connectivity index (χ2n) is 6.66. The number of aliphatic hydroxyl groups is 3. The van der Waals surface area contributed by atoms with Crippen molar-refractivity contribution in [3.63, 3.8) is 0 Å². The number of benzene rings is 1. The number of hydrogen-bond donors (Lipinski definition) is 5. The van der Waals surface area contributed by atoms with Gasteiger partial charge in [-0.15, -0.1) is 0 Å². The fourth-order valence-electron chi connectivity index (χ4n) is 3.50. The van der Waals surface area contributed by atoms with E-state index in [1.165, 1.54) is 0 Å². The van der Waals surface area contributed by atoms with Crippen LogP contribution in [0, 0.1) is 5.92 Å². The molecule has 0 spiro atoms. The summed E-state index contributed by atoms with van der Waals surface area (Å²) in [5.74, 6) is 0.285. The number of fused-ring (bicyclic) bond motifs is 1. The Hall–Kier alpha value is -2.39. The lowest BCUT2D eigenvalue weighted by atomic mass is 10.1. The summed E-state index contributed by atoms with van der Waals surface area (Å²) in [6.07, 6.45) is -1.74. The van der Waals surface area contributed by atoms with Gasteiger partial charge in [-0.3, -0.25) is 0 Å². The molecule has 142 valence electrons. The number of nitrogens with one attached hydrogen (secondary N) is 1. The lowest BCUT2D eigenvalue weighted by molar-refractivity contribution is 0.00446. The number of aliphatic hydroxyl groups excluding tert-OH is 3. The Morgan fingerprint density at radius 2 is 2.00 bits per heavy atom. The van der Waals surface area contributed by atoms with Gasteiger partial charge in [0.2, 0.25) is 5.95 Å². The number of aromatic nitrogens is 2. The lowest BCUT2D eigenvalue weighted by Crippen LogP contribution is -2.35. The van der Waals surface area contributed by atoms with Crippen LogP contribution in [-0.4, -0.2) is 50.1 Å². The van der Waals surface area contributed by atoms with E-state index in [0.717, 1.165) is 5.39 Å². The fraction of sp³-hybridized carbons (Fsp3) is 0.333. The second kappa shape index (κ2) is 6.97. The molecule has 4 atom stereocenters. The number of rotatable bonds is 4. The number of anilines is 2. The van der Waals surface area contributed by atoms with Gasteiger partial charge in [-0.25, -0.2) is 4.98 Å². The summed E-state index contributed by atoms with van der Waals surface area (Å²) in [4.78, 5) is 8.21. The molecule has 2 aromatic heterocycles. The minimum atomic E-state index is -1.07. The zero-order valence-electron chi connectivity index (χ0n) is 14.2. The van der Waals surface area contributed by atoms with Crippen LogP contribution < -0.4 is 11.1 Å². The summed E-state index contributed by atoms with van der Waals surface area (Å²) in [5, 5.41) is 33.8. The van der Waals surface area contributed by atoms with E-state index in [0.29, 0.717) is 29.1 Å². The SMILES string of the molecule is Nc1nc(Cl)c(-c2cc3ccccc3o2)c(N[C@@H]2C[C@H](CO)[C@@H](O)[C@H]2O)n1. The van der Waals surface area contributed by atoms with Gasteiger partial charge in [0.15, 0.2) is 0 Å². The van der Waals surface area contributed by atoms with Gasteiger partial charge in [-0.1, -0.05) is 29.8 Å². The molecule has 6 N–H and O–H groups in total. The molecule has 27 heavy (non-hydrogen) atoms. The molecular weight excluding hydrogens is 372 g/mol. The quantitative estimate of drug-likeness (QED) is 0.424. The molecule has 0 bridgehead atoms. The van der Waals surface area contributed by atoms with Crippen molar-refractivity contribution in [1.29, 1.82) is 0 Å². The third-order valence-corrected chi connectivity index (χ3v) is 5.19. The molecular formula is C18H19ClN4O4. The summed E-state index contributed by atoms with van der Waals surface area (Å²) in [5.41, 5.74) is 6.84. The topological polar surface area (TPSA) is 138 Å². The Kier molecular flexibility index (Phi) is 4.65. The first-order valence-corrected chi connectivity index (χ1v) is 8.91. The average molecular weight is 391 g/mol. The molecule has 1 fully saturated rings. The Labute approximate surface area is 159 Å². The highest BCUT2D eigenvalue weighted by Crippen LogP contribution is 2.38. The van der Waals surface area contributed by atoms with Crippen LogP contribution in [0.25, 0.3) is 22.3 Å². The van der Waals surface area contributed by atoms with Gasteiger partial charge in [0.1, 0.15) is 28.4 Å². The van der Waals surface area contributed by atoms with Gasteiger partial charge in [-0.05, 0) is 18.6 Å². The van der Waals surface area contributed by atoms with E-state index >= 15 is 0 Å². The van der Waals surface area contributed by atoms with E-state index in [1.807, 2.05) is 30.3 Å². The zero-order chi connectivity index (χ0) is 19.1. The highest BCUT2D eigenvalue weighted by atomic mass is 35.5. The molecule has 3 aromatic rings. The predicted molar refractivity (Wildman–Crippen MR) is 101 cm³/mol. The van der Waals surface area contributed by atoms with Crippen LogP contribution in [0.3, 0.4) is 0 Å². The van der Waals surface area contributed by atoms with Gasteiger partial charge in [0.25, 0.3) is 0 Å².